The van der Waals surface area contributed by atoms with Crippen molar-refractivity contribution in [2.45, 2.75) is 24.8 Å². The van der Waals surface area contributed by atoms with E-state index in [1.165, 1.54) is 16.7 Å². The summed E-state index contributed by atoms with van der Waals surface area (Å²) in [5, 5.41) is 13.5. The fraction of sp³-hybridized carbons (Fsp3) is 0.312. The third-order valence-corrected chi connectivity index (χ3v) is 5.30. The molecule has 0 aromatic heterocycles. The summed E-state index contributed by atoms with van der Waals surface area (Å²) in [4.78, 5) is 36.7. The van der Waals surface area contributed by atoms with Crippen LogP contribution >= 0.6 is 11.8 Å². The maximum absolute atomic E-state index is 12.2. The minimum absolute atomic E-state index is 0.0627. The number of thioether (sulfide) groups is 1. The highest BCUT2D eigenvalue weighted by atomic mass is 32.2. The van der Waals surface area contributed by atoms with Crippen molar-refractivity contribution in [3.63, 3.8) is 0 Å². The predicted molar refractivity (Wildman–Crippen MR) is 82.9 cm³/mol. The van der Waals surface area contributed by atoms with Crippen molar-refractivity contribution in [1.29, 1.82) is 0 Å². The van der Waals surface area contributed by atoms with Crippen molar-refractivity contribution in [3.05, 3.63) is 47.2 Å². The number of carboxylic acids is 1. The number of carbonyl (C=O) groups excluding carboxylic acids is 3. The molecule has 2 heterocycles. The summed E-state index contributed by atoms with van der Waals surface area (Å²) in [6, 6.07) is 8.54. The number of aliphatic carboxylic acids is 1. The van der Waals surface area contributed by atoms with E-state index in [1.54, 1.807) is 6.92 Å². The molecule has 7 heteroatoms. The Morgan fingerprint density at radius 3 is 2.70 bits per heavy atom. The van der Waals surface area contributed by atoms with Gasteiger partial charge in [0, 0.05) is 5.75 Å². The second-order valence-corrected chi connectivity index (χ2v) is 6.64. The summed E-state index contributed by atoms with van der Waals surface area (Å²) in [6.45, 7) is 1.67. The summed E-state index contributed by atoms with van der Waals surface area (Å²) in [7, 11) is 0. The van der Waals surface area contributed by atoms with Crippen LogP contribution in [0, 0.1) is 0 Å². The molecular formula is C16H15N2O4S-. The van der Waals surface area contributed by atoms with Crippen molar-refractivity contribution in [2.24, 2.45) is 0 Å². The zero-order chi connectivity index (χ0) is 16.6. The average molecular weight is 331 g/mol. The Morgan fingerprint density at radius 2 is 2.04 bits per heavy atom. The van der Waals surface area contributed by atoms with Crippen LogP contribution in [0.25, 0.3) is 0 Å². The second kappa shape index (κ2) is 6.08. The number of carboxylic acid groups (broad SMARTS) is 1. The highest BCUT2D eigenvalue weighted by Gasteiger charge is 2.52. The van der Waals surface area contributed by atoms with E-state index in [9.17, 15) is 19.5 Å². The SMILES string of the molecule is CC1=C(C(=O)[O-])N2C(=O)[C@@H](NC(=O)Cc3ccccc3)[C@@H]2SC1. The molecule has 0 spiro atoms. The summed E-state index contributed by atoms with van der Waals surface area (Å²) < 4.78 is 0. The second-order valence-electron chi connectivity index (χ2n) is 5.53. The smallest absolute Gasteiger partial charge is 0.253 e. The van der Waals surface area contributed by atoms with Crippen LogP contribution < -0.4 is 10.4 Å². The first-order valence-electron chi connectivity index (χ1n) is 7.18. The van der Waals surface area contributed by atoms with Crippen molar-refractivity contribution in [2.75, 3.05) is 5.75 Å². The first kappa shape index (κ1) is 15.6. The molecule has 6 nitrogen and oxygen atoms in total. The Morgan fingerprint density at radius 1 is 1.35 bits per heavy atom. The van der Waals surface area contributed by atoms with Crippen LogP contribution in [0.2, 0.25) is 0 Å². The first-order valence-corrected chi connectivity index (χ1v) is 8.23. The summed E-state index contributed by atoms with van der Waals surface area (Å²) in [5.74, 6) is -1.50. The number of β-lactam (4-membered cyclic amide) rings is 1. The van der Waals surface area contributed by atoms with Crippen LogP contribution in [0.4, 0.5) is 0 Å². The van der Waals surface area contributed by atoms with E-state index in [-0.39, 0.29) is 23.4 Å². The van der Waals surface area contributed by atoms with E-state index < -0.39 is 17.9 Å². The molecule has 2 atom stereocenters. The zero-order valence-electron chi connectivity index (χ0n) is 12.4. The van der Waals surface area contributed by atoms with Crippen molar-refractivity contribution >= 4 is 29.5 Å². The summed E-state index contributed by atoms with van der Waals surface area (Å²) in [6.07, 6.45) is 0.185. The van der Waals surface area contributed by atoms with Gasteiger partial charge in [-0.3, -0.25) is 14.5 Å². The van der Waals surface area contributed by atoms with Gasteiger partial charge in [0.05, 0.1) is 18.1 Å². The Hall–Kier alpha value is -2.28. The third kappa shape index (κ3) is 2.84. The lowest BCUT2D eigenvalue weighted by atomic mass is 10.0. The fourth-order valence-electron chi connectivity index (χ4n) is 2.77. The number of rotatable bonds is 4. The van der Waals surface area contributed by atoms with E-state index in [2.05, 4.69) is 5.32 Å². The number of nitrogens with zero attached hydrogens (tertiary/aromatic N) is 1. The summed E-state index contributed by atoms with van der Waals surface area (Å²) >= 11 is 1.44. The third-order valence-electron chi connectivity index (χ3n) is 3.88. The average Bonchev–Trinajstić information content (AvgIpc) is 2.53. The van der Waals surface area contributed by atoms with Crippen LogP contribution in [0.5, 0.6) is 0 Å². The van der Waals surface area contributed by atoms with Crippen molar-refractivity contribution in [3.8, 4) is 0 Å². The molecule has 2 aliphatic heterocycles. The van der Waals surface area contributed by atoms with Crippen LogP contribution in [0.3, 0.4) is 0 Å². The van der Waals surface area contributed by atoms with E-state index in [1.807, 2.05) is 30.3 Å². The van der Waals surface area contributed by atoms with Crippen LogP contribution in [0.1, 0.15) is 12.5 Å². The standard InChI is InChI=1S/C16H16N2O4S/c1-9-8-23-15-12(14(20)18(15)13(9)16(21)22)17-11(19)7-10-5-3-2-4-6-10/h2-6,12,15H,7-8H2,1H3,(H,17,19)(H,21,22)/p-1/t12-,15+/m1/s1. The number of carbonyl (C=O) groups is 3. The number of nitrogens with one attached hydrogen (secondary N) is 1. The molecular weight excluding hydrogens is 316 g/mol. The Bertz CT molecular complexity index is 701. The van der Waals surface area contributed by atoms with Gasteiger partial charge < -0.3 is 15.2 Å². The molecule has 1 N–H and O–H groups in total. The number of amides is 2. The number of fused-ring (bicyclic) bond motifs is 1. The number of hydrogen-bond donors (Lipinski definition) is 1. The van der Waals surface area contributed by atoms with Gasteiger partial charge >= 0.3 is 0 Å². The predicted octanol–water partition coefficient (Wildman–Crippen LogP) is -0.347. The molecule has 1 aromatic rings. The van der Waals surface area contributed by atoms with E-state index >= 15 is 0 Å². The minimum Gasteiger partial charge on any atom is -0.543 e. The molecule has 0 bridgehead atoms. The molecule has 1 aromatic carbocycles. The lowest BCUT2D eigenvalue weighted by molar-refractivity contribution is -0.301. The Balaban J connectivity index is 1.67. The molecule has 0 saturated carbocycles. The fourth-order valence-corrected chi connectivity index (χ4v) is 4.06. The topological polar surface area (TPSA) is 89.5 Å². The highest BCUT2D eigenvalue weighted by molar-refractivity contribution is 8.00. The molecule has 3 rings (SSSR count). The molecule has 2 aliphatic rings. The van der Waals surface area contributed by atoms with E-state index in [0.29, 0.717) is 11.3 Å². The van der Waals surface area contributed by atoms with Crippen LogP contribution in [-0.4, -0.2) is 39.9 Å². The maximum Gasteiger partial charge on any atom is 0.253 e. The molecule has 1 saturated heterocycles. The molecule has 23 heavy (non-hydrogen) atoms. The van der Waals surface area contributed by atoms with Gasteiger partial charge in [0.2, 0.25) is 5.91 Å². The van der Waals surface area contributed by atoms with Crippen molar-refractivity contribution < 1.29 is 19.5 Å². The number of hydrogen-bond acceptors (Lipinski definition) is 5. The lowest BCUT2D eigenvalue weighted by Crippen LogP contribution is -2.71. The summed E-state index contributed by atoms with van der Waals surface area (Å²) in [5.41, 5.74) is 1.40. The normalized spacial score (nSPS) is 23.2. The highest BCUT2D eigenvalue weighted by Crippen LogP contribution is 2.39. The largest absolute Gasteiger partial charge is 0.543 e. The monoisotopic (exact) mass is 331 g/mol. The van der Waals surface area contributed by atoms with Gasteiger partial charge in [-0.2, -0.15) is 0 Å². The maximum atomic E-state index is 12.2. The number of benzene rings is 1. The van der Waals surface area contributed by atoms with Gasteiger partial charge in [0.1, 0.15) is 11.4 Å². The zero-order valence-corrected chi connectivity index (χ0v) is 13.3. The molecule has 0 unspecified atom stereocenters. The van der Waals surface area contributed by atoms with Crippen LogP contribution in [-0.2, 0) is 20.8 Å². The molecule has 0 radical (unpaired) electrons. The molecule has 2 amide bonds. The van der Waals surface area contributed by atoms with Gasteiger partial charge in [0.25, 0.3) is 5.91 Å². The Kier molecular flexibility index (Phi) is 4.12. The Labute approximate surface area is 137 Å². The first-order chi connectivity index (χ1) is 11.0. The van der Waals surface area contributed by atoms with Crippen molar-refractivity contribution in [1.82, 2.24) is 10.2 Å². The minimum atomic E-state index is -1.35. The molecule has 0 aliphatic carbocycles. The van der Waals surface area contributed by atoms with Gasteiger partial charge in [-0.15, -0.1) is 11.8 Å². The lowest BCUT2D eigenvalue weighted by Gasteiger charge is -2.50. The van der Waals surface area contributed by atoms with Gasteiger partial charge in [-0.05, 0) is 18.1 Å². The van der Waals surface area contributed by atoms with Crippen LogP contribution in [0.15, 0.2) is 41.6 Å². The quantitative estimate of drug-likeness (QED) is 0.762. The molecule has 120 valence electrons. The van der Waals surface area contributed by atoms with E-state index in [0.717, 1.165) is 5.56 Å². The van der Waals surface area contributed by atoms with Gasteiger partial charge in [0.15, 0.2) is 0 Å². The van der Waals surface area contributed by atoms with Gasteiger partial charge in [-0.1, -0.05) is 30.3 Å². The van der Waals surface area contributed by atoms with E-state index in [4.69, 9.17) is 0 Å². The van der Waals surface area contributed by atoms with Gasteiger partial charge in [-0.25, -0.2) is 0 Å². The molecule has 1 fully saturated rings.